The molecule has 0 saturated heterocycles. The normalized spacial score (nSPS) is 11.5. The van der Waals surface area contributed by atoms with E-state index in [4.69, 9.17) is 4.52 Å². The number of halogens is 3. The number of rotatable bonds is 6. The Morgan fingerprint density at radius 2 is 1.81 bits per heavy atom. The first kappa shape index (κ1) is 20.8. The molecular weight excluding hydrogens is 427 g/mol. The van der Waals surface area contributed by atoms with Crippen molar-refractivity contribution in [2.75, 3.05) is 5.32 Å². The first-order valence-electron chi connectivity index (χ1n) is 9.29. The molecule has 0 fully saturated rings. The van der Waals surface area contributed by atoms with E-state index >= 15 is 0 Å². The van der Waals surface area contributed by atoms with Crippen molar-refractivity contribution in [3.63, 3.8) is 0 Å². The molecule has 0 aliphatic heterocycles. The highest BCUT2D eigenvalue weighted by molar-refractivity contribution is 7.13. The minimum absolute atomic E-state index is 0.0461. The summed E-state index contributed by atoms with van der Waals surface area (Å²) in [5, 5.41) is 8.72. The van der Waals surface area contributed by atoms with E-state index in [1.54, 1.807) is 12.1 Å². The van der Waals surface area contributed by atoms with Crippen LogP contribution in [0.25, 0.3) is 10.7 Å². The summed E-state index contributed by atoms with van der Waals surface area (Å²) >= 11 is 1.51. The lowest BCUT2D eigenvalue weighted by Crippen LogP contribution is -2.16. The van der Waals surface area contributed by atoms with E-state index in [9.17, 15) is 18.0 Å². The molecule has 1 amide bonds. The topological polar surface area (TPSA) is 68.0 Å². The number of para-hydroxylation sites is 1. The molecule has 0 aliphatic carbocycles. The third kappa shape index (κ3) is 5.18. The average molecular weight is 443 g/mol. The van der Waals surface area contributed by atoms with Crippen molar-refractivity contribution in [2.24, 2.45) is 0 Å². The molecule has 0 unspecified atom stereocenters. The molecule has 0 radical (unpaired) electrons. The third-order valence-electron chi connectivity index (χ3n) is 4.49. The van der Waals surface area contributed by atoms with Crippen LogP contribution in [-0.2, 0) is 23.8 Å². The summed E-state index contributed by atoms with van der Waals surface area (Å²) in [7, 11) is 0. The van der Waals surface area contributed by atoms with Crippen LogP contribution in [0.1, 0.15) is 22.6 Å². The maximum atomic E-state index is 12.7. The fourth-order valence-corrected chi connectivity index (χ4v) is 3.63. The van der Waals surface area contributed by atoms with Crippen LogP contribution in [0.15, 0.2) is 70.6 Å². The summed E-state index contributed by atoms with van der Waals surface area (Å²) in [6.45, 7) is 0. The quantitative estimate of drug-likeness (QED) is 0.422. The Kier molecular flexibility index (Phi) is 5.85. The van der Waals surface area contributed by atoms with Gasteiger partial charge in [-0.15, -0.1) is 11.3 Å². The summed E-state index contributed by atoms with van der Waals surface area (Å²) < 4.78 is 43.4. The van der Waals surface area contributed by atoms with Gasteiger partial charge in [-0.3, -0.25) is 4.79 Å². The Balaban J connectivity index is 1.43. The Bertz CT molecular complexity index is 1170. The molecule has 1 N–H and O–H groups in total. The van der Waals surface area contributed by atoms with Gasteiger partial charge in [0.1, 0.15) is 0 Å². The van der Waals surface area contributed by atoms with Gasteiger partial charge in [-0.2, -0.15) is 18.2 Å². The number of nitrogens with zero attached hydrogens (tertiary/aromatic N) is 2. The molecule has 31 heavy (non-hydrogen) atoms. The zero-order valence-corrected chi connectivity index (χ0v) is 16.8. The van der Waals surface area contributed by atoms with Gasteiger partial charge in [0.05, 0.1) is 23.3 Å². The lowest BCUT2D eigenvalue weighted by Gasteiger charge is -2.11. The predicted molar refractivity (Wildman–Crippen MR) is 111 cm³/mol. The molecule has 158 valence electrons. The van der Waals surface area contributed by atoms with E-state index in [0.29, 0.717) is 29.4 Å². The highest BCUT2D eigenvalue weighted by Gasteiger charge is 2.30. The lowest BCUT2D eigenvalue weighted by atomic mass is 10.1. The number of benzene rings is 2. The summed E-state index contributed by atoms with van der Waals surface area (Å²) in [5.74, 6) is 0.582. The van der Waals surface area contributed by atoms with E-state index in [-0.39, 0.29) is 12.3 Å². The van der Waals surface area contributed by atoms with Crippen molar-refractivity contribution in [1.29, 1.82) is 0 Å². The minimum Gasteiger partial charge on any atom is -0.339 e. The summed E-state index contributed by atoms with van der Waals surface area (Å²) in [6.07, 6.45) is -4.12. The number of hydrogen-bond acceptors (Lipinski definition) is 5. The summed E-state index contributed by atoms with van der Waals surface area (Å²) in [5.41, 5.74) is 1.10. The van der Waals surface area contributed by atoms with Crippen LogP contribution in [0.2, 0.25) is 0 Å². The van der Waals surface area contributed by atoms with E-state index in [0.717, 1.165) is 22.6 Å². The number of carbonyl (C=O) groups excluding carboxylic acids is 1. The van der Waals surface area contributed by atoms with Gasteiger partial charge < -0.3 is 9.84 Å². The van der Waals surface area contributed by atoms with Gasteiger partial charge in [0.25, 0.3) is 0 Å². The highest BCUT2D eigenvalue weighted by atomic mass is 32.1. The molecule has 2 aromatic heterocycles. The number of anilines is 1. The highest BCUT2D eigenvalue weighted by Crippen LogP contribution is 2.29. The lowest BCUT2D eigenvalue weighted by molar-refractivity contribution is -0.137. The Morgan fingerprint density at radius 1 is 1.03 bits per heavy atom. The molecule has 2 heterocycles. The first-order valence-corrected chi connectivity index (χ1v) is 10.2. The van der Waals surface area contributed by atoms with Crippen molar-refractivity contribution >= 4 is 22.9 Å². The molecule has 0 atom stereocenters. The van der Waals surface area contributed by atoms with Crippen LogP contribution in [-0.4, -0.2) is 16.0 Å². The van der Waals surface area contributed by atoms with Crippen LogP contribution in [0.5, 0.6) is 0 Å². The second kappa shape index (κ2) is 8.73. The standard InChI is InChI=1S/C22H16F3N3O2S/c23-22(24,25)16-9-7-14(8-10-16)12-19(29)26-17-5-2-1-4-15(17)13-20-27-21(28-30-20)18-6-3-11-31-18/h1-11H,12-13H2,(H,26,29). The Labute approximate surface area is 179 Å². The zero-order chi connectivity index (χ0) is 21.8. The third-order valence-corrected chi connectivity index (χ3v) is 5.35. The zero-order valence-electron chi connectivity index (χ0n) is 16.0. The largest absolute Gasteiger partial charge is 0.416 e. The summed E-state index contributed by atoms with van der Waals surface area (Å²) in [6, 6.07) is 15.5. The molecule has 0 bridgehead atoms. The van der Waals surface area contributed by atoms with E-state index in [1.165, 1.54) is 23.5 Å². The van der Waals surface area contributed by atoms with Gasteiger partial charge in [-0.25, -0.2) is 0 Å². The molecule has 0 spiro atoms. The molecule has 5 nitrogen and oxygen atoms in total. The average Bonchev–Trinajstić information content (AvgIpc) is 3.41. The molecule has 2 aromatic carbocycles. The van der Waals surface area contributed by atoms with Crippen molar-refractivity contribution < 1.29 is 22.5 Å². The Morgan fingerprint density at radius 3 is 2.52 bits per heavy atom. The fourth-order valence-electron chi connectivity index (χ4n) is 2.98. The van der Waals surface area contributed by atoms with E-state index in [2.05, 4.69) is 15.5 Å². The molecule has 4 rings (SSSR count). The van der Waals surface area contributed by atoms with Crippen molar-refractivity contribution in [3.8, 4) is 10.7 Å². The van der Waals surface area contributed by atoms with Crippen molar-refractivity contribution in [3.05, 3.63) is 88.6 Å². The van der Waals surface area contributed by atoms with E-state index in [1.807, 2.05) is 29.6 Å². The second-order valence-corrected chi connectivity index (χ2v) is 7.69. The predicted octanol–water partition coefficient (Wildman–Crippen LogP) is 5.59. The second-order valence-electron chi connectivity index (χ2n) is 6.74. The van der Waals surface area contributed by atoms with Crippen LogP contribution in [0, 0.1) is 0 Å². The monoisotopic (exact) mass is 443 g/mol. The molecule has 9 heteroatoms. The number of amides is 1. The van der Waals surface area contributed by atoms with Gasteiger partial charge in [-0.05, 0) is 40.8 Å². The molecule has 0 aliphatic rings. The molecular formula is C22H16F3N3O2S. The number of hydrogen-bond donors (Lipinski definition) is 1. The fraction of sp³-hybridized carbons (Fsp3) is 0.136. The van der Waals surface area contributed by atoms with Gasteiger partial charge in [-0.1, -0.05) is 41.6 Å². The van der Waals surface area contributed by atoms with Gasteiger partial charge in [0.15, 0.2) is 0 Å². The maximum Gasteiger partial charge on any atom is 0.416 e. The molecule has 0 saturated carbocycles. The SMILES string of the molecule is O=C(Cc1ccc(C(F)(F)F)cc1)Nc1ccccc1Cc1nc(-c2cccs2)no1. The first-order chi connectivity index (χ1) is 14.9. The number of nitrogens with one attached hydrogen (secondary N) is 1. The number of thiophene rings is 1. The maximum absolute atomic E-state index is 12.7. The van der Waals surface area contributed by atoms with E-state index < -0.39 is 11.7 Å². The minimum atomic E-state index is -4.40. The van der Waals surface area contributed by atoms with Gasteiger partial charge >= 0.3 is 6.18 Å². The smallest absolute Gasteiger partial charge is 0.339 e. The number of carbonyl (C=O) groups is 1. The summed E-state index contributed by atoms with van der Waals surface area (Å²) in [4.78, 5) is 17.7. The van der Waals surface area contributed by atoms with Gasteiger partial charge in [0.2, 0.25) is 17.6 Å². The number of alkyl halides is 3. The molecule has 4 aromatic rings. The Hall–Kier alpha value is -3.46. The van der Waals surface area contributed by atoms with Crippen molar-refractivity contribution in [1.82, 2.24) is 10.1 Å². The van der Waals surface area contributed by atoms with Crippen LogP contribution < -0.4 is 5.32 Å². The van der Waals surface area contributed by atoms with Crippen molar-refractivity contribution in [2.45, 2.75) is 19.0 Å². The van der Waals surface area contributed by atoms with Crippen LogP contribution in [0.4, 0.5) is 18.9 Å². The van der Waals surface area contributed by atoms with Gasteiger partial charge in [0, 0.05) is 5.69 Å². The van der Waals surface area contributed by atoms with Crippen LogP contribution >= 0.6 is 11.3 Å². The number of aromatic nitrogens is 2. The van der Waals surface area contributed by atoms with Crippen LogP contribution in [0.3, 0.4) is 0 Å².